The summed E-state index contributed by atoms with van der Waals surface area (Å²) in [4.78, 5) is 1.30. The molecule has 0 aromatic heterocycles. The quantitative estimate of drug-likeness (QED) is 0.721. The van der Waals surface area contributed by atoms with Gasteiger partial charge in [0.25, 0.3) is 0 Å². The number of aliphatic hydroxyl groups excluding tert-OH is 1. The van der Waals surface area contributed by atoms with Crippen molar-refractivity contribution in [2.75, 3.05) is 12.4 Å². The highest BCUT2D eigenvalue weighted by Gasteiger charge is 1.99. The number of rotatable bonds is 4. The van der Waals surface area contributed by atoms with Gasteiger partial charge in [0.05, 0.1) is 0 Å². The molecule has 0 heterocycles. The highest BCUT2D eigenvalue weighted by molar-refractivity contribution is 7.99. The molecule has 0 unspecified atom stereocenters. The normalized spacial score (nSPS) is 10.2. The summed E-state index contributed by atoms with van der Waals surface area (Å²) < 4.78 is 0. The first-order chi connectivity index (χ1) is 5.88. The maximum atomic E-state index is 8.80. The highest BCUT2D eigenvalue weighted by Crippen LogP contribution is 2.22. The molecule has 0 bridgehead atoms. The second kappa shape index (κ2) is 5.22. The Bertz CT molecular complexity index is 210. The number of aliphatic hydroxyl groups is 1. The van der Waals surface area contributed by atoms with Crippen LogP contribution in [0.2, 0.25) is 0 Å². The third-order valence-corrected chi connectivity index (χ3v) is 2.65. The van der Waals surface area contributed by atoms with Gasteiger partial charge in [-0.1, -0.05) is 25.1 Å². The van der Waals surface area contributed by atoms with Crippen LogP contribution < -0.4 is 0 Å². The van der Waals surface area contributed by atoms with Gasteiger partial charge >= 0.3 is 0 Å². The minimum Gasteiger partial charge on any atom is -0.396 e. The Morgan fingerprint density at radius 1 is 1.33 bits per heavy atom. The van der Waals surface area contributed by atoms with Crippen molar-refractivity contribution in [2.45, 2.75) is 18.2 Å². The van der Waals surface area contributed by atoms with Crippen molar-refractivity contribution in [3.05, 3.63) is 29.8 Å². The Hall–Kier alpha value is -0.470. The lowest BCUT2D eigenvalue weighted by atomic mass is 10.2. The number of hydrogen-bond acceptors (Lipinski definition) is 2. The molecule has 66 valence electrons. The van der Waals surface area contributed by atoms with Crippen LogP contribution in [0.3, 0.4) is 0 Å². The molecule has 0 saturated carbocycles. The van der Waals surface area contributed by atoms with Crippen molar-refractivity contribution in [3.8, 4) is 0 Å². The molecule has 1 rings (SSSR count). The first-order valence-electron chi connectivity index (χ1n) is 4.20. The average Bonchev–Trinajstić information content (AvgIpc) is 2.09. The summed E-state index contributed by atoms with van der Waals surface area (Å²) in [6.45, 7) is 2.38. The summed E-state index contributed by atoms with van der Waals surface area (Å²) in [5, 5.41) is 8.80. The second-order valence-corrected chi connectivity index (χ2v) is 3.82. The predicted octanol–water partition coefficient (Wildman–Crippen LogP) is 2.33. The van der Waals surface area contributed by atoms with Crippen LogP contribution in [0.15, 0.2) is 29.2 Å². The summed E-state index contributed by atoms with van der Waals surface area (Å²) in [5.41, 5.74) is 1.26. The van der Waals surface area contributed by atoms with Gasteiger partial charge in [-0.3, -0.25) is 0 Å². The smallest absolute Gasteiger partial charge is 0.0471 e. The van der Waals surface area contributed by atoms with E-state index in [1.807, 2.05) is 23.9 Å². The number of thioether (sulfide) groups is 1. The zero-order valence-electron chi connectivity index (χ0n) is 7.29. The van der Waals surface area contributed by atoms with Gasteiger partial charge in [0.2, 0.25) is 0 Å². The first kappa shape index (κ1) is 9.62. The van der Waals surface area contributed by atoms with Gasteiger partial charge in [-0.15, -0.1) is 11.8 Å². The minimum absolute atomic E-state index is 0.237. The lowest BCUT2D eigenvalue weighted by Crippen LogP contribution is -1.92. The van der Waals surface area contributed by atoms with E-state index in [2.05, 4.69) is 19.1 Å². The molecule has 0 aliphatic rings. The average molecular weight is 182 g/mol. The molecule has 1 nitrogen and oxygen atoms in total. The van der Waals surface area contributed by atoms with E-state index >= 15 is 0 Å². The van der Waals surface area contributed by atoms with E-state index < -0.39 is 0 Å². The standard InChI is InChI=1S/C10H14OS/c1-2-12-10-6-4-3-5-9(10)7-8-11/h3-6,11H,2,7-8H2,1H3. The molecule has 0 aliphatic carbocycles. The van der Waals surface area contributed by atoms with Gasteiger partial charge in [-0.25, -0.2) is 0 Å². The Morgan fingerprint density at radius 2 is 2.08 bits per heavy atom. The van der Waals surface area contributed by atoms with Crippen LogP contribution in [0, 0.1) is 0 Å². The van der Waals surface area contributed by atoms with Crippen molar-refractivity contribution < 1.29 is 5.11 Å². The zero-order chi connectivity index (χ0) is 8.81. The van der Waals surface area contributed by atoms with E-state index in [1.54, 1.807) is 0 Å². The van der Waals surface area contributed by atoms with Gasteiger partial charge in [0.15, 0.2) is 0 Å². The predicted molar refractivity (Wildman–Crippen MR) is 53.6 cm³/mol. The van der Waals surface area contributed by atoms with Crippen LogP contribution in [0.5, 0.6) is 0 Å². The molecule has 0 saturated heterocycles. The summed E-state index contributed by atoms with van der Waals surface area (Å²) in [7, 11) is 0. The molecule has 0 amide bonds. The Morgan fingerprint density at radius 3 is 2.75 bits per heavy atom. The van der Waals surface area contributed by atoms with E-state index in [0.717, 1.165) is 12.2 Å². The van der Waals surface area contributed by atoms with Crippen LogP contribution in [0.1, 0.15) is 12.5 Å². The van der Waals surface area contributed by atoms with Crippen molar-refractivity contribution >= 4 is 11.8 Å². The molecule has 1 N–H and O–H groups in total. The van der Waals surface area contributed by atoms with Gasteiger partial charge in [-0.05, 0) is 23.8 Å². The van der Waals surface area contributed by atoms with Gasteiger partial charge in [0.1, 0.15) is 0 Å². The zero-order valence-corrected chi connectivity index (χ0v) is 8.10. The van der Waals surface area contributed by atoms with Crippen LogP contribution in [0.4, 0.5) is 0 Å². The Labute approximate surface area is 77.8 Å². The molecule has 0 atom stereocenters. The summed E-state index contributed by atoms with van der Waals surface area (Å²) >= 11 is 1.83. The summed E-state index contributed by atoms with van der Waals surface area (Å²) in [6, 6.07) is 8.25. The lowest BCUT2D eigenvalue weighted by Gasteiger charge is -2.05. The minimum atomic E-state index is 0.237. The molecule has 0 aliphatic heterocycles. The summed E-state index contributed by atoms with van der Waals surface area (Å²) in [5.74, 6) is 1.09. The molecule has 2 heteroatoms. The molecule has 1 aromatic rings. The summed E-state index contributed by atoms with van der Waals surface area (Å²) in [6.07, 6.45) is 0.767. The van der Waals surface area contributed by atoms with Crippen molar-refractivity contribution in [3.63, 3.8) is 0 Å². The Balaban J connectivity index is 2.77. The molecule has 0 fully saturated rings. The number of hydrogen-bond donors (Lipinski definition) is 1. The molecule has 12 heavy (non-hydrogen) atoms. The first-order valence-corrected chi connectivity index (χ1v) is 5.18. The van der Waals surface area contributed by atoms with Crippen LogP contribution in [0.25, 0.3) is 0 Å². The maximum Gasteiger partial charge on any atom is 0.0471 e. The third-order valence-electron chi connectivity index (χ3n) is 1.65. The van der Waals surface area contributed by atoms with Gasteiger partial charge < -0.3 is 5.11 Å². The van der Waals surface area contributed by atoms with Gasteiger partial charge in [0, 0.05) is 11.5 Å². The Kier molecular flexibility index (Phi) is 4.19. The largest absolute Gasteiger partial charge is 0.396 e. The molecule has 1 aromatic carbocycles. The van der Waals surface area contributed by atoms with E-state index in [-0.39, 0.29) is 6.61 Å². The van der Waals surface area contributed by atoms with Crippen molar-refractivity contribution in [2.24, 2.45) is 0 Å². The fraction of sp³-hybridized carbons (Fsp3) is 0.400. The second-order valence-electron chi connectivity index (χ2n) is 2.51. The SMILES string of the molecule is CCSc1ccccc1CCO. The van der Waals surface area contributed by atoms with Crippen molar-refractivity contribution in [1.29, 1.82) is 0 Å². The third kappa shape index (κ3) is 2.54. The van der Waals surface area contributed by atoms with E-state index in [9.17, 15) is 0 Å². The van der Waals surface area contributed by atoms with Gasteiger partial charge in [-0.2, -0.15) is 0 Å². The van der Waals surface area contributed by atoms with Crippen LogP contribution >= 0.6 is 11.8 Å². The molecular formula is C10H14OS. The van der Waals surface area contributed by atoms with E-state index in [0.29, 0.717) is 0 Å². The van der Waals surface area contributed by atoms with E-state index in [4.69, 9.17) is 5.11 Å². The monoisotopic (exact) mass is 182 g/mol. The molecular weight excluding hydrogens is 168 g/mol. The van der Waals surface area contributed by atoms with Crippen LogP contribution in [-0.4, -0.2) is 17.5 Å². The fourth-order valence-corrected chi connectivity index (χ4v) is 1.97. The highest BCUT2D eigenvalue weighted by atomic mass is 32.2. The lowest BCUT2D eigenvalue weighted by molar-refractivity contribution is 0.299. The topological polar surface area (TPSA) is 20.2 Å². The maximum absolute atomic E-state index is 8.80. The van der Waals surface area contributed by atoms with E-state index in [1.165, 1.54) is 10.5 Å². The molecule has 0 spiro atoms. The molecule has 0 radical (unpaired) electrons. The van der Waals surface area contributed by atoms with Crippen LogP contribution in [-0.2, 0) is 6.42 Å². The number of benzene rings is 1. The fourth-order valence-electron chi connectivity index (χ4n) is 1.13. The van der Waals surface area contributed by atoms with Crippen molar-refractivity contribution in [1.82, 2.24) is 0 Å².